The van der Waals surface area contributed by atoms with Crippen LogP contribution in [-0.4, -0.2) is 40.5 Å². The van der Waals surface area contributed by atoms with Crippen molar-refractivity contribution in [2.75, 3.05) is 19.7 Å². The monoisotopic (exact) mass is 278 g/mol. The third kappa shape index (κ3) is 2.41. The molecule has 0 saturated carbocycles. The van der Waals surface area contributed by atoms with E-state index in [-0.39, 0.29) is 34.7 Å². The van der Waals surface area contributed by atoms with Crippen molar-refractivity contribution >= 4 is 0 Å². The minimum Gasteiger partial charge on any atom is -0.633 e. The molecule has 1 unspecified atom stereocenters. The lowest BCUT2D eigenvalue weighted by Gasteiger charge is -2.58. The zero-order valence-electron chi connectivity index (χ0n) is 11.6. The molecule has 3 rings (SSSR count). The standard InChI is InChI=1S/C15H22N2O3/c18-10-12-8-11(13-4-3-6-15(19)16-13)9-17(20)7-2-1-5-14(12)17/h3-4,6,11-12,14,18H,1-2,5,7-10H2,(H,16,19)/t11-,12-,14-,17?/m1/s1. The second kappa shape index (κ2) is 5.31. The number of pyridine rings is 1. The number of H-pyrrole nitrogens is 1. The van der Waals surface area contributed by atoms with Gasteiger partial charge in [0, 0.05) is 30.0 Å². The third-order valence-corrected chi connectivity index (χ3v) is 5.02. The summed E-state index contributed by atoms with van der Waals surface area (Å²) in [5.41, 5.74) is 0.717. The van der Waals surface area contributed by atoms with Gasteiger partial charge in [0.2, 0.25) is 5.56 Å². The molecule has 1 aromatic heterocycles. The highest BCUT2D eigenvalue weighted by Crippen LogP contribution is 2.41. The number of aromatic amines is 1. The van der Waals surface area contributed by atoms with Gasteiger partial charge in [-0.15, -0.1) is 0 Å². The zero-order valence-corrected chi connectivity index (χ0v) is 11.6. The molecule has 0 aliphatic carbocycles. The van der Waals surface area contributed by atoms with Crippen LogP contribution >= 0.6 is 0 Å². The van der Waals surface area contributed by atoms with Gasteiger partial charge in [-0.2, -0.15) is 0 Å². The first-order chi connectivity index (χ1) is 9.62. The van der Waals surface area contributed by atoms with Crippen molar-refractivity contribution in [3.8, 4) is 0 Å². The Kier molecular flexibility index (Phi) is 3.67. The van der Waals surface area contributed by atoms with Gasteiger partial charge in [-0.3, -0.25) is 4.79 Å². The molecule has 3 heterocycles. The minimum atomic E-state index is -0.188. The van der Waals surface area contributed by atoms with E-state index in [1.807, 2.05) is 6.07 Å². The smallest absolute Gasteiger partial charge is 0.248 e. The van der Waals surface area contributed by atoms with Gasteiger partial charge in [0.05, 0.1) is 25.7 Å². The maximum absolute atomic E-state index is 13.1. The largest absolute Gasteiger partial charge is 0.633 e. The molecule has 110 valence electrons. The molecule has 5 nitrogen and oxygen atoms in total. The van der Waals surface area contributed by atoms with E-state index in [1.54, 1.807) is 6.07 Å². The van der Waals surface area contributed by atoms with Gasteiger partial charge >= 0.3 is 0 Å². The van der Waals surface area contributed by atoms with E-state index >= 15 is 0 Å². The number of hydroxylamine groups is 3. The molecule has 0 radical (unpaired) electrons. The predicted molar refractivity (Wildman–Crippen MR) is 76.0 cm³/mol. The number of aliphatic hydroxyl groups is 1. The molecule has 0 bridgehead atoms. The molecular formula is C15H22N2O3. The number of hydrogen-bond acceptors (Lipinski definition) is 3. The number of piperidine rings is 2. The Morgan fingerprint density at radius 2 is 2.25 bits per heavy atom. The number of fused-ring (bicyclic) bond motifs is 1. The van der Waals surface area contributed by atoms with Crippen LogP contribution in [0.25, 0.3) is 0 Å². The summed E-state index contributed by atoms with van der Waals surface area (Å²) in [4.78, 5) is 14.3. The highest BCUT2D eigenvalue weighted by atomic mass is 16.5. The van der Waals surface area contributed by atoms with Crippen LogP contribution in [0, 0.1) is 11.1 Å². The van der Waals surface area contributed by atoms with Crippen LogP contribution in [0.4, 0.5) is 0 Å². The van der Waals surface area contributed by atoms with Crippen molar-refractivity contribution in [1.29, 1.82) is 0 Å². The average molecular weight is 278 g/mol. The zero-order chi connectivity index (χ0) is 14.2. The Balaban J connectivity index is 1.89. The molecule has 5 heteroatoms. The molecular weight excluding hydrogens is 256 g/mol. The molecule has 2 fully saturated rings. The maximum atomic E-state index is 13.1. The van der Waals surface area contributed by atoms with Crippen molar-refractivity contribution in [2.45, 2.75) is 37.6 Å². The Labute approximate surface area is 118 Å². The maximum Gasteiger partial charge on any atom is 0.248 e. The lowest BCUT2D eigenvalue weighted by molar-refractivity contribution is -0.921. The molecule has 2 saturated heterocycles. The second-order valence-corrected chi connectivity index (χ2v) is 6.27. The van der Waals surface area contributed by atoms with Gasteiger partial charge in [0.1, 0.15) is 0 Å². The van der Waals surface area contributed by atoms with Crippen LogP contribution in [0.3, 0.4) is 0 Å². The molecule has 2 aliphatic rings. The fourth-order valence-corrected chi connectivity index (χ4v) is 4.08. The predicted octanol–water partition coefficient (Wildman–Crippen LogP) is 1.34. The van der Waals surface area contributed by atoms with Gasteiger partial charge in [-0.1, -0.05) is 6.07 Å². The van der Waals surface area contributed by atoms with E-state index in [2.05, 4.69) is 4.98 Å². The molecule has 0 aromatic carbocycles. The number of nitrogens with one attached hydrogen (secondary N) is 1. The fourth-order valence-electron chi connectivity index (χ4n) is 4.08. The normalized spacial score (nSPS) is 37.4. The topological polar surface area (TPSA) is 76.2 Å². The van der Waals surface area contributed by atoms with Gasteiger partial charge in [0.25, 0.3) is 0 Å². The van der Waals surface area contributed by atoms with Crippen molar-refractivity contribution in [1.82, 2.24) is 4.98 Å². The van der Waals surface area contributed by atoms with Crippen LogP contribution in [0.15, 0.2) is 23.0 Å². The van der Waals surface area contributed by atoms with Crippen LogP contribution in [-0.2, 0) is 0 Å². The highest BCUT2D eigenvalue weighted by Gasteiger charge is 2.45. The Bertz CT molecular complexity index is 530. The quantitative estimate of drug-likeness (QED) is 0.633. The van der Waals surface area contributed by atoms with Crippen molar-refractivity contribution in [3.05, 3.63) is 39.5 Å². The highest BCUT2D eigenvalue weighted by molar-refractivity contribution is 5.11. The van der Waals surface area contributed by atoms with Crippen molar-refractivity contribution < 1.29 is 9.75 Å². The Morgan fingerprint density at radius 3 is 3.00 bits per heavy atom. The van der Waals surface area contributed by atoms with Gasteiger partial charge in [0.15, 0.2) is 0 Å². The molecule has 2 N–H and O–H groups in total. The number of aromatic nitrogens is 1. The van der Waals surface area contributed by atoms with Gasteiger partial charge in [-0.05, 0) is 25.3 Å². The summed E-state index contributed by atoms with van der Waals surface area (Å²) in [5.74, 6) is 0.100. The fraction of sp³-hybridized carbons (Fsp3) is 0.667. The summed E-state index contributed by atoms with van der Waals surface area (Å²) in [5, 5.41) is 22.7. The van der Waals surface area contributed by atoms with Crippen LogP contribution in [0.5, 0.6) is 0 Å². The average Bonchev–Trinajstić information content (AvgIpc) is 2.45. The summed E-state index contributed by atoms with van der Waals surface area (Å²) in [6.45, 7) is 1.25. The molecule has 0 spiro atoms. The number of quaternary nitrogens is 1. The number of aliphatic hydroxyl groups excluding tert-OH is 1. The first-order valence-corrected chi connectivity index (χ1v) is 7.50. The number of nitrogens with zero attached hydrogens (tertiary/aromatic N) is 1. The molecule has 4 atom stereocenters. The third-order valence-electron chi connectivity index (χ3n) is 5.02. The van der Waals surface area contributed by atoms with Crippen LogP contribution in [0.1, 0.15) is 37.3 Å². The molecule has 20 heavy (non-hydrogen) atoms. The summed E-state index contributed by atoms with van der Waals surface area (Å²) in [6, 6.07) is 5.15. The first-order valence-electron chi connectivity index (χ1n) is 7.50. The van der Waals surface area contributed by atoms with Crippen LogP contribution < -0.4 is 5.56 Å². The van der Waals surface area contributed by atoms with E-state index in [9.17, 15) is 15.1 Å². The molecule has 0 amide bonds. The van der Waals surface area contributed by atoms with Gasteiger partial charge < -0.3 is 19.9 Å². The lowest BCUT2D eigenvalue weighted by Crippen LogP contribution is -2.62. The number of hydrogen-bond donors (Lipinski definition) is 2. The van der Waals surface area contributed by atoms with E-state index < -0.39 is 0 Å². The molecule has 2 aliphatic heterocycles. The summed E-state index contributed by atoms with van der Waals surface area (Å²) >= 11 is 0. The van der Waals surface area contributed by atoms with E-state index in [0.717, 1.165) is 31.4 Å². The first kappa shape index (κ1) is 13.8. The Morgan fingerprint density at radius 1 is 1.40 bits per heavy atom. The minimum absolute atomic E-state index is 0.0421. The van der Waals surface area contributed by atoms with Crippen molar-refractivity contribution in [3.63, 3.8) is 0 Å². The molecule has 1 aromatic rings. The van der Waals surface area contributed by atoms with Crippen LogP contribution in [0.2, 0.25) is 0 Å². The van der Waals surface area contributed by atoms with E-state index in [1.165, 1.54) is 6.07 Å². The summed E-state index contributed by atoms with van der Waals surface area (Å²) < 4.78 is -0.188. The van der Waals surface area contributed by atoms with E-state index in [4.69, 9.17) is 0 Å². The van der Waals surface area contributed by atoms with Crippen molar-refractivity contribution in [2.24, 2.45) is 5.92 Å². The number of rotatable bonds is 2. The second-order valence-electron chi connectivity index (χ2n) is 6.27. The SMILES string of the molecule is O=c1cccc([C@@H]2C[C@H](CO)[C@H]3CCCC[N+]3([O-])C2)[nH]1. The lowest BCUT2D eigenvalue weighted by atomic mass is 9.77. The van der Waals surface area contributed by atoms with E-state index in [0.29, 0.717) is 13.1 Å². The summed E-state index contributed by atoms with van der Waals surface area (Å²) in [6.07, 6.45) is 3.78. The van der Waals surface area contributed by atoms with Gasteiger partial charge in [-0.25, -0.2) is 0 Å². The Hall–Kier alpha value is -1.17. The summed E-state index contributed by atoms with van der Waals surface area (Å²) in [7, 11) is 0.